The van der Waals surface area contributed by atoms with Crippen molar-refractivity contribution in [2.24, 2.45) is 0 Å². The maximum atomic E-state index is 10.2. The Hall–Kier alpha value is -0.360. The van der Waals surface area contributed by atoms with Crippen LogP contribution in [0.15, 0.2) is 0 Å². The smallest absolute Gasteiger partial charge is 0.105 e. The van der Waals surface area contributed by atoms with Crippen LogP contribution in [0.5, 0.6) is 0 Å². The van der Waals surface area contributed by atoms with E-state index in [1.165, 1.54) is 0 Å². The normalized spacial score (nSPS) is 13.1. The van der Waals surface area contributed by atoms with Crippen molar-refractivity contribution in [1.82, 2.24) is 20.0 Å². The van der Waals surface area contributed by atoms with Crippen LogP contribution in [0.1, 0.15) is 32.6 Å². The van der Waals surface area contributed by atoms with Crippen molar-refractivity contribution in [3.63, 3.8) is 0 Å². The zero-order valence-electron chi connectivity index (χ0n) is 20.1. The molecule has 1 atom stereocenters. The second kappa shape index (κ2) is 21.9. The van der Waals surface area contributed by atoms with Gasteiger partial charge in [-0.2, -0.15) is 0 Å². The minimum Gasteiger partial charge on any atom is -0.385 e. The van der Waals surface area contributed by atoms with Gasteiger partial charge >= 0.3 is 0 Å². The van der Waals surface area contributed by atoms with Gasteiger partial charge in [-0.1, -0.05) is 0 Å². The number of nitrogens with one attached hydrogen (secondary N) is 1. The van der Waals surface area contributed by atoms with Crippen molar-refractivity contribution in [3.8, 4) is 0 Å². The van der Waals surface area contributed by atoms with Crippen molar-refractivity contribution >= 4 is 0 Å². The van der Waals surface area contributed by atoms with Crippen molar-refractivity contribution < 1.29 is 24.1 Å². The summed E-state index contributed by atoms with van der Waals surface area (Å²) in [7, 11) is 6.92. The number of aliphatic hydroxyl groups excluding tert-OH is 1. The number of methoxy groups -OCH3 is 4. The number of hydrogen-bond acceptors (Lipinski definition) is 9. The van der Waals surface area contributed by atoms with Gasteiger partial charge in [0.15, 0.2) is 0 Å². The lowest BCUT2D eigenvalue weighted by atomic mass is 10.3. The molecule has 0 aromatic heterocycles. The first-order valence-corrected chi connectivity index (χ1v) is 11.1. The molecule has 0 rings (SSSR count). The summed E-state index contributed by atoms with van der Waals surface area (Å²) >= 11 is 0. The topological polar surface area (TPSA) is 78.9 Å². The van der Waals surface area contributed by atoms with Crippen LogP contribution in [0.3, 0.4) is 0 Å². The summed E-state index contributed by atoms with van der Waals surface area (Å²) in [6.45, 7) is 10.7. The molecular weight excluding hydrogens is 388 g/mol. The summed E-state index contributed by atoms with van der Waals surface area (Å²) in [6.07, 6.45) is 3.33. The molecule has 0 saturated heterocycles. The van der Waals surface area contributed by atoms with Gasteiger partial charge in [-0.05, 0) is 39.2 Å². The Morgan fingerprint density at radius 2 is 1.20 bits per heavy atom. The Bertz CT molecular complexity index is 353. The minimum atomic E-state index is -0.499. The van der Waals surface area contributed by atoms with Crippen molar-refractivity contribution in [1.29, 1.82) is 0 Å². The van der Waals surface area contributed by atoms with E-state index in [2.05, 4.69) is 20.0 Å². The summed E-state index contributed by atoms with van der Waals surface area (Å²) in [5.41, 5.74) is 0. The molecule has 0 aromatic carbocycles. The van der Waals surface area contributed by atoms with E-state index in [0.29, 0.717) is 13.3 Å². The molecule has 0 aliphatic rings. The van der Waals surface area contributed by atoms with Gasteiger partial charge in [0, 0.05) is 81.2 Å². The van der Waals surface area contributed by atoms with E-state index in [0.717, 1.165) is 85.0 Å². The molecule has 0 aromatic rings. The van der Waals surface area contributed by atoms with Gasteiger partial charge < -0.3 is 29.4 Å². The van der Waals surface area contributed by atoms with Gasteiger partial charge in [-0.25, -0.2) is 0 Å². The fourth-order valence-corrected chi connectivity index (χ4v) is 3.16. The Labute approximate surface area is 184 Å². The molecule has 0 bridgehead atoms. The molecule has 30 heavy (non-hydrogen) atoms. The lowest BCUT2D eigenvalue weighted by molar-refractivity contribution is -0.0364. The van der Waals surface area contributed by atoms with Crippen LogP contribution >= 0.6 is 0 Å². The van der Waals surface area contributed by atoms with E-state index in [9.17, 15) is 5.11 Å². The fourth-order valence-electron chi connectivity index (χ4n) is 3.16. The minimum absolute atomic E-state index is 0.499. The molecule has 0 amide bonds. The highest BCUT2D eigenvalue weighted by Gasteiger charge is 2.18. The number of hydrogen-bond donors (Lipinski definition) is 2. The summed E-state index contributed by atoms with van der Waals surface area (Å²) in [5.74, 6) is 0. The maximum Gasteiger partial charge on any atom is 0.105 e. The Morgan fingerprint density at radius 1 is 0.700 bits per heavy atom. The van der Waals surface area contributed by atoms with Crippen molar-refractivity contribution in [2.75, 3.05) is 101 Å². The predicted octanol–water partition coefficient (Wildman–Crippen LogP) is 0.839. The lowest BCUT2D eigenvalue weighted by Gasteiger charge is -2.36. The Kier molecular flexibility index (Phi) is 21.6. The second-order valence-electron chi connectivity index (χ2n) is 7.56. The van der Waals surface area contributed by atoms with Gasteiger partial charge in [-0.15, -0.1) is 0 Å². The Morgan fingerprint density at radius 3 is 1.73 bits per heavy atom. The molecule has 2 N–H and O–H groups in total. The highest BCUT2D eigenvalue weighted by molar-refractivity contribution is 4.65. The van der Waals surface area contributed by atoms with Gasteiger partial charge in [0.1, 0.15) is 6.23 Å². The van der Waals surface area contributed by atoms with Gasteiger partial charge in [-0.3, -0.25) is 14.7 Å². The fraction of sp³-hybridized carbons (Fsp3) is 1.00. The van der Waals surface area contributed by atoms with E-state index < -0.39 is 6.23 Å². The molecule has 0 heterocycles. The standard InChI is InChI=1S/C21H48N4O5/c1-21(26)25(13-9-17-30-5)20-24(12-8-16-29-4)19-23(11-7-15-28-3)18-22-10-6-14-27-2/h21-22,26H,6-20H2,1-5H3. The molecule has 0 spiro atoms. The lowest BCUT2D eigenvalue weighted by Crippen LogP contribution is -2.49. The zero-order chi connectivity index (χ0) is 22.5. The monoisotopic (exact) mass is 436 g/mol. The van der Waals surface area contributed by atoms with Crippen LogP contribution in [-0.2, 0) is 18.9 Å². The third-order valence-corrected chi connectivity index (χ3v) is 4.79. The van der Waals surface area contributed by atoms with Crippen LogP contribution in [0.2, 0.25) is 0 Å². The van der Waals surface area contributed by atoms with Crippen molar-refractivity contribution in [2.45, 2.75) is 38.8 Å². The molecule has 1 unspecified atom stereocenters. The van der Waals surface area contributed by atoms with Crippen LogP contribution in [0.4, 0.5) is 0 Å². The average molecular weight is 437 g/mol. The van der Waals surface area contributed by atoms with Crippen molar-refractivity contribution in [3.05, 3.63) is 0 Å². The highest BCUT2D eigenvalue weighted by Crippen LogP contribution is 2.05. The SMILES string of the molecule is COCCCNCN(CCCOC)CN(CCCOC)CN(CCCOC)C(C)O. The summed E-state index contributed by atoms with van der Waals surface area (Å²) < 4.78 is 20.8. The highest BCUT2D eigenvalue weighted by atomic mass is 16.5. The number of ether oxygens (including phenoxy) is 4. The molecule has 0 saturated carbocycles. The quantitative estimate of drug-likeness (QED) is 0.179. The zero-order valence-corrected chi connectivity index (χ0v) is 20.1. The van der Waals surface area contributed by atoms with E-state index in [1.807, 2.05) is 6.92 Å². The number of aliphatic hydroxyl groups is 1. The van der Waals surface area contributed by atoms with E-state index in [1.54, 1.807) is 28.4 Å². The molecule has 0 aliphatic carbocycles. The van der Waals surface area contributed by atoms with Crippen LogP contribution in [-0.4, -0.2) is 127 Å². The molecule has 0 fully saturated rings. The van der Waals surface area contributed by atoms with Gasteiger partial charge in [0.25, 0.3) is 0 Å². The summed E-state index contributed by atoms with van der Waals surface area (Å²) in [4.78, 5) is 6.86. The van der Waals surface area contributed by atoms with E-state index in [4.69, 9.17) is 18.9 Å². The molecule has 0 radical (unpaired) electrons. The van der Waals surface area contributed by atoms with Crippen LogP contribution in [0.25, 0.3) is 0 Å². The first-order valence-electron chi connectivity index (χ1n) is 11.1. The number of rotatable bonds is 23. The second-order valence-corrected chi connectivity index (χ2v) is 7.56. The molecular formula is C21H48N4O5. The molecule has 182 valence electrons. The largest absolute Gasteiger partial charge is 0.385 e. The van der Waals surface area contributed by atoms with Gasteiger partial charge in [0.05, 0.1) is 13.3 Å². The Balaban J connectivity index is 4.85. The van der Waals surface area contributed by atoms with Crippen LogP contribution in [0, 0.1) is 0 Å². The van der Waals surface area contributed by atoms with E-state index >= 15 is 0 Å². The first kappa shape index (κ1) is 29.6. The summed E-state index contributed by atoms with van der Waals surface area (Å²) in [6, 6.07) is 0. The maximum absolute atomic E-state index is 10.2. The molecule has 9 heteroatoms. The van der Waals surface area contributed by atoms with Crippen LogP contribution < -0.4 is 5.32 Å². The third-order valence-electron chi connectivity index (χ3n) is 4.79. The predicted molar refractivity (Wildman–Crippen MR) is 120 cm³/mol. The first-order chi connectivity index (χ1) is 14.6. The number of nitrogens with zero attached hydrogens (tertiary/aromatic N) is 3. The third kappa shape index (κ3) is 17.3. The van der Waals surface area contributed by atoms with Gasteiger partial charge in [0.2, 0.25) is 0 Å². The average Bonchev–Trinajstić information content (AvgIpc) is 2.72. The van der Waals surface area contributed by atoms with E-state index in [-0.39, 0.29) is 0 Å². The molecule has 0 aliphatic heterocycles. The summed E-state index contributed by atoms with van der Waals surface area (Å²) in [5, 5.41) is 13.8. The molecule has 9 nitrogen and oxygen atoms in total.